The molecule has 1 N–H and O–H groups in total. The fourth-order valence-electron chi connectivity index (χ4n) is 4.40. The first-order valence-electron chi connectivity index (χ1n) is 15.6. The predicted molar refractivity (Wildman–Crippen MR) is 166 cm³/mol. The van der Waals surface area contributed by atoms with E-state index in [1.807, 2.05) is 6.92 Å². The van der Waals surface area contributed by atoms with Gasteiger partial charge in [-0.15, -0.1) is 11.8 Å². The van der Waals surface area contributed by atoms with Crippen molar-refractivity contribution in [2.45, 2.75) is 128 Å². The number of ether oxygens (including phenoxy) is 3. The summed E-state index contributed by atoms with van der Waals surface area (Å²) in [4.78, 5) is 7.67. The normalized spacial score (nSPS) is 13.4. The van der Waals surface area contributed by atoms with E-state index in [1.165, 1.54) is 96.3 Å². The van der Waals surface area contributed by atoms with Crippen LogP contribution in [0.15, 0.2) is 18.5 Å². The summed E-state index contributed by atoms with van der Waals surface area (Å²) in [5.74, 6) is 0.344. The van der Waals surface area contributed by atoms with Crippen LogP contribution in [0.2, 0.25) is 0 Å². The standard InChI is InChI=1S/C30H56N2O6S2/c1-3-4-5-6-7-8-9-10-11-12-13-14-15-16-17-18-23-37-28-30(2,38-29-31-21-19-22-32-29)39-26-25-36-24-20-27-40(33,34)35/h19,21-22H,3-18,20,23-28H2,1-2H3,(H,33,34,35). The van der Waals surface area contributed by atoms with E-state index in [0.29, 0.717) is 31.6 Å². The molecule has 0 saturated carbocycles. The first kappa shape index (κ1) is 37.1. The second-order valence-corrected chi connectivity index (χ2v) is 13.9. The second kappa shape index (κ2) is 24.6. The van der Waals surface area contributed by atoms with Crippen LogP contribution in [0.1, 0.15) is 123 Å². The van der Waals surface area contributed by atoms with Gasteiger partial charge in [0.15, 0.2) is 4.93 Å². The summed E-state index contributed by atoms with van der Waals surface area (Å²) in [5.41, 5.74) is 0. The average molecular weight is 605 g/mol. The van der Waals surface area contributed by atoms with Gasteiger partial charge in [-0.2, -0.15) is 8.42 Å². The van der Waals surface area contributed by atoms with Gasteiger partial charge >= 0.3 is 6.01 Å². The molecule has 0 fully saturated rings. The van der Waals surface area contributed by atoms with E-state index in [2.05, 4.69) is 16.9 Å². The Kier molecular flexibility index (Phi) is 22.8. The van der Waals surface area contributed by atoms with Crippen molar-refractivity contribution in [1.82, 2.24) is 9.97 Å². The van der Waals surface area contributed by atoms with Crippen LogP contribution >= 0.6 is 11.8 Å². The van der Waals surface area contributed by atoms with Crippen molar-refractivity contribution >= 4 is 21.9 Å². The molecule has 1 atom stereocenters. The predicted octanol–water partition coefficient (Wildman–Crippen LogP) is 7.88. The number of aromatic nitrogens is 2. The summed E-state index contributed by atoms with van der Waals surface area (Å²) < 4.78 is 47.9. The molecule has 234 valence electrons. The van der Waals surface area contributed by atoms with Crippen molar-refractivity contribution in [1.29, 1.82) is 0 Å². The molecule has 1 aromatic rings. The first-order chi connectivity index (χ1) is 19.3. The smallest absolute Gasteiger partial charge is 0.317 e. The highest BCUT2D eigenvalue weighted by atomic mass is 32.2. The molecule has 1 heterocycles. The lowest BCUT2D eigenvalue weighted by atomic mass is 10.0. The lowest BCUT2D eigenvalue weighted by Crippen LogP contribution is -2.36. The summed E-state index contributed by atoms with van der Waals surface area (Å²) in [7, 11) is -3.94. The van der Waals surface area contributed by atoms with Gasteiger partial charge < -0.3 is 14.2 Å². The van der Waals surface area contributed by atoms with Gasteiger partial charge in [0, 0.05) is 31.4 Å². The van der Waals surface area contributed by atoms with E-state index in [1.54, 1.807) is 30.2 Å². The zero-order valence-electron chi connectivity index (χ0n) is 25.2. The molecule has 0 aliphatic rings. The molecule has 10 heteroatoms. The molecular formula is C30H56N2O6S2. The van der Waals surface area contributed by atoms with Gasteiger partial charge in [-0.25, -0.2) is 9.97 Å². The number of rotatable bonds is 29. The molecule has 1 aromatic heterocycles. The Bertz CT molecular complexity index is 801. The Hall–Kier alpha value is -0.940. The molecule has 0 radical (unpaired) electrons. The SMILES string of the molecule is CCCCCCCCCCCCCCCCCCOCC(C)(Oc1ncccn1)SCCOCCCS(=O)(=O)O. The minimum absolute atomic E-state index is 0.261. The van der Waals surface area contributed by atoms with Gasteiger partial charge in [-0.05, 0) is 25.8 Å². The van der Waals surface area contributed by atoms with E-state index in [4.69, 9.17) is 18.8 Å². The van der Waals surface area contributed by atoms with Crippen molar-refractivity contribution < 1.29 is 27.2 Å². The van der Waals surface area contributed by atoms with Crippen molar-refractivity contribution in [2.24, 2.45) is 0 Å². The fourth-order valence-corrected chi connectivity index (χ4v) is 5.82. The van der Waals surface area contributed by atoms with Gasteiger partial charge in [-0.3, -0.25) is 4.55 Å². The van der Waals surface area contributed by atoms with Crippen LogP contribution in [-0.2, 0) is 19.6 Å². The minimum atomic E-state index is -3.94. The molecule has 40 heavy (non-hydrogen) atoms. The zero-order valence-corrected chi connectivity index (χ0v) is 26.8. The molecular weight excluding hydrogens is 548 g/mol. The van der Waals surface area contributed by atoms with Gasteiger partial charge in [0.1, 0.15) is 0 Å². The maximum Gasteiger partial charge on any atom is 0.317 e. The number of hydrogen-bond donors (Lipinski definition) is 1. The van der Waals surface area contributed by atoms with Crippen molar-refractivity contribution in [2.75, 3.05) is 37.9 Å². The van der Waals surface area contributed by atoms with Crippen molar-refractivity contribution in [3.05, 3.63) is 18.5 Å². The third kappa shape index (κ3) is 23.7. The monoisotopic (exact) mass is 604 g/mol. The second-order valence-electron chi connectivity index (χ2n) is 10.7. The van der Waals surface area contributed by atoms with E-state index in [-0.39, 0.29) is 18.8 Å². The van der Waals surface area contributed by atoms with E-state index >= 15 is 0 Å². The summed E-state index contributed by atoms with van der Waals surface area (Å²) in [6.45, 7) is 6.04. The number of hydrogen-bond acceptors (Lipinski definition) is 8. The molecule has 0 aromatic carbocycles. The molecule has 0 aliphatic heterocycles. The summed E-state index contributed by atoms with van der Waals surface area (Å²) >= 11 is 1.55. The van der Waals surface area contributed by atoms with Crippen LogP contribution in [0.4, 0.5) is 0 Å². The maximum atomic E-state index is 10.8. The van der Waals surface area contributed by atoms with E-state index in [0.717, 1.165) is 6.42 Å². The van der Waals surface area contributed by atoms with Gasteiger partial charge in [-0.1, -0.05) is 103 Å². The van der Waals surface area contributed by atoms with Gasteiger partial charge in [0.05, 0.1) is 19.0 Å². The lowest BCUT2D eigenvalue weighted by molar-refractivity contribution is 0.0330. The molecule has 0 spiro atoms. The first-order valence-corrected chi connectivity index (χ1v) is 18.1. The molecule has 1 unspecified atom stereocenters. The lowest BCUT2D eigenvalue weighted by Gasteiger charge is -2.28. The van der Waals surface area contributed by atoms with E-state index in [9.17, 15) is 8.42 Å². The quantitative estimate of drug-likeness (QED) is 0.0555. The molecule has 0 saturated heterocycles. The molecule has 1 rings (SSSR count). The molecule has 0 bridgehead atoms. The highest BCUT2D eigenvalue weighted by molar-refractivity contribution is 8.00. The van der Waals surface area contributed by atoms with Crippen LogP contribution < -0.4 is 4.74 Å². The van der Waals surface area contributed by atoms with Crippen LogP contribution in [0.5, 0.6) is 6.01 Å². The largest absolute Gasteiger partial charge is 0.444 e. The number of thioether (sulfide) groups is 1. The zero-order chi connectivity index (χ0) is 29.2. The highest BCUT2D eigenvalue weighted by Crippen LogP contribution is 2.28. The summed E-state index contributed by atoms with van der Waals surface area (Å²) in [6, 6.07) is 2.04. The van der Waals surface area contributed by atoms with Crippen molar-refractivity contribution in [3.63, 3.8) is 0 Å². The van der Waals surface area contributed by atoms with Gasteiger partial charge in [0.2, 0.25) is 0 Å². The summed E-state index contributed by atoms with van der Waals surface area (Å²) in [6.07, 6.45) is 25.1. The van der Waals surface area contributed by atoms with Gasteiger partial charge in [0.25, 0.3) is 10.1 Å². The Balaban J connectivity index is 2.09. The number of unbranched alkanes of at least 4 members (excludes halogenated alkanes) is 15. The molecule has 0 aliphatic carbocycles. The Labute approximate surface area is 248 Å². The fraction of sp³-hybridized carbons (Fsp3) is 0.867. The number of nitrogens with zero attached hydrogens (tertiary/aromatic N) is 2. The highest BCUT2D eigenvalue weighted by Gasteiger charge is 2.28. The van der Waals surface area contributed by atoms with Crippen LogP contribution in [0.25, 0.3) is 0 Å². The average Bonchev–Trinajstić information content (AvgIpc) is 2.92. The van der Waals surface area contributed by atoms with Crippen molar-refractivity contribution in [3.8, 4) is 6.01 Å². The Morgan fingerprint density at radius 1 is 0.750 bits per heavy atom. The third-order valence-corrected chi connectivity index (χ3v) is 8.67. The summed E-state index contributed by atoms with van der Waals surface area (Å²) in [5, 5.41) is 0. The van der Waals surface area contributed by atoms with Crippen LogP contribution in [0, 0.1) is 0 Å². The third-order valence-electron chi connectivity index (χ3n) is 6.68. The Morgan fingerprint density at radius 3 is 1.77 bits per heavy atom. The van der Waals surface area contributed by atoms with E-state index < -0.39 is 15.1 Å². The topological polar surface area (TPSA) is 108 Å². The maximum absolute atomic E-state index is 10.8. The minimum Gasteiger partial charge on any atom is -0.444 e. The van der Waals surface area contributed by atoms with Crippen LogP contribution in [0.3, 0.4) is 0 Å². The van der Waals surface area contributed by atoms with Crippen LogP contribution in [-0.4, -0.2) is 65.8 Å². The molecule has 8 nitrogen and oxygen atoms in total. The Morgan fingerprint density at radius 2 is 1.25 bits per heavy atom. The molecule has 0 amide bonds.